The fourth-order valence-corrected chi connectivity index (χ4v) is 11.6. The Morgan fingerprint density at radius 1 is 0.422 bits per heavy atom. The number of unbranched alkanes of at least 4 members (excludes halogenated alkanes) is 33. The van der Waals surface area contributed by atoms with Gasteiger partial charge in [-0.2, -0.15) is 0 Å². The van der Waals surface area contributed by atoms with Crippen LogP contribution in [0.25, 0.3) is 0 Å². The van der Waals surface area contributed by atoms with Gasteiger partial charge in [-0.15, -0.1) is 0 Å². The van der Waals surface area contributed by atoms with Gasteiger partial charge in [-0.3, -0.25) is 4.79 Å². The predicted octanol–water partition coefficient (Wildman–Crippen LogP) is 7.72. The SMILES string of the molecule is CCCCCCCCCC/C=C\CCCCCCCCCCCCCCCC(=O)NC(COC1OC(CO)C(OC2OC(CO)C(OC3OC(CO)C(O)C(O)C3O)C(O)C2O)C(O)C1O)C(O)CCCCCCCCCCCCCCC. The number of carbonyl (C=O) groups is 1. The molecular formula is C64H121NO18. The van der Waals surface area contributed by atoms with Crippen LogP contribution in [0.4, 0.5) is 0 Å². The van der Waals surface area contributed by atoms with Gasteiger partial charge < -0.3 is 89.9 Å². The van der Waals surface area contributed by atoms with E-state index in [2.05, 4.69) is 31.3 Å². The molecule has 0 saturated carbocycles. The first-order valence-electron chi connectivity index (χ1n) is 33.4. The van der Waals surface area contributed by atoms with E-state index < -0.39 is 124 Å². The second kappa shape index (κ2) is 47.5. The van der Waals surface area contributed by atoms with E-state index >= 15 is 0 Å². The Morgan fingerprint density at radius 2 is 0.759 bits per heavy atom. The average Bonchev–Trinajstić information content (AvgIpc) is 3.57. The molecule has 0 aromatic heterocycles. The van der Waals surface area contributed by atoms with Crippen LogP contribution in [0.5, 0.6) is 0 Å². The summed E-state index contributed by atoms with van der Waals surface area (Å²) in [6.07, 6.45) is 23.0. The molecule has 19 heteroatoms. The number of ether oxygens (including phenoxy) is 6. The molecule has 17 atom stereocenters. The maximum atomic E-state index is 13.4. The summed E-state index contributed by atoms with van der Waals surface area (Å²) in [6.45, 7) is 1.81. The minimum absolute atomic E-state index is 0.240. The Hall–Kier alpha value is -1.47. The Balaban J connectivity index is 1.41. The van der Waals surface area contributed by atoms with Crippen molar-refractivity contribution >= 4 is 5.91 Å². The number of hydrogen-bond donors (Lipinski definition) is 12. The van der Waals surface area contributed by atoms with Gasteiger partial charge in [0.25, 0.3) is 0 Å². The smallest absolute Gasteiger partial charge is 0.220 e. The van der Waals surface area contributed by atoms with E-state index in [-0.39, 0.29) is 18.9 Å². The highest BCUT2D eigenvalue weighted by atomic mass is 16.8. The number of allylic oxidation sites excluding steroid dienone is 2. The molecule has 1 amide bonds. The van der Waals surface area contributed by atoms with Crippen LogP contribution in [0.3, 0.4) is 0 Å². The lowest BCUT2D eigenvalue weighted by Crippen LogP contribution is -2.66. The number of aliphatic hydroxyl groups is 11. The third-order valence-electron chi connectivity index (χ3n) is 17.1. The maximum Gasteiger partial charge on any atom is 0.220 e. The molecule has 12 N–H and O–H groups in total. The first kappa shape index (κ1) is 75.8. The molecule has 0 aromatic rings. The van der Waals surface area contributed by atoms with Crippen molar-refractivity contribution in [3.63, 3.8) is 0 Å². The maximum absolute atomic E-state index is 13.4. The van der Waals surface area contributed by atoms with Crippen molar-refractivity contribution in [1.82, 2.24) is 5.32 Å². The first-order chi connectivity index (χ1) is 40.3. The molecule has 3 heterocycles. The van der Waals surface area contributed by atoms with E-state index in [1.165, 1.54) is 180 Å². The highest BCUT2D eigenvalue weighted by molar-refractivity contribution is 5.76. The van der Waals surface area contributed by atoms with Crippen molar-refractivity contribution in [2.75, 3.05) is 26.4 Å². The van der Waals surface area contributed by atoms with E-state index in [0.29, 0.717) is 12.8 Å². The molecule has 0 aliphatic carbocycles. The van der Waals surface area contributed by atoms with Gasteiger partial charge in [-0.25, -0.2) is 0 Å². The summed E-state index contributed by atoms with van der Waals surface area (Å²) in [6, 6.07) is -0.883. The fourth-order valence-electron chi connectivity index (χ4n) is 11.6. The Labute approximate surface area is 499 Å². The van der Waals surface area contributed by atoms with Gasteiger partial charge in [0.05, 0.1) is 38.6 Å². The molecule has 3 fully saturated rings. The van der Waals surface area contributed by atoms with Crippen LogP contribution in [0.2, 0.25) is 0 Å². The van der Waals surface area contributed by atoms with Crippen molar-refractivity contribution in [2.45, 2.75) is 362 Å². The second-order valence-electron chi connectivity index (χ2n) is 24.3. The van der Waals surface area contributed by atoms with E-state index in [1.54, 1.807) is 0 Å². The third kappa shape index (κ3) is 30.5. The van der Waals surface area contributed by atoms with Crippen LogP contribution in [0, 0.1) is 0 Å². The number of aliphatic hydroxyl groups excluding tert-OH is 11. The monoisotopic (exact) mass is 1190 g/mol. The lowest BCUT2D eigenvalue weighted by molar-refractivity contribution is -0.379. The largest absolute Gasteiger partial charge is 0.394 e. The highest BCUT2D eigenvalue weighted by Gasteiger charge is 2.53. The van der Waals surface area contributed by atoms with Crippen molar-refractivity contribution in [2.24, 2.45) is 0 Å². The third-order valence-corrected chi connectivity index (χ3v) is 17.1. The van der Waals surface area contributed by atoms with Crippen LogP contribution in [0.1, 0.15) is 258 Å². The van der Waals surface area contributed by atoms with Crippen LogP contribution in [0.15, 0.2) is 12.2 Å². The molecule has 490 valence electrons. The van der Waals surface area contributed by atoms with Crippen molar-refractivity contribution in [3.05, 3.63) is 12.2 Å². The number of rotatable bonds is 51. The van der Waals surface area contributed by atoms with Gasteiger partial charge >= 0.3 is 0 Å². The molecule has 3 rings (SSSR count). The van der Waals surface area contributed by atoms with Crippen molar-refractivity contribution < 1.29 is 89.4 Å². The Bertz CT molecular complexity index is 1560. The summed E-state index contributed by atoms with van der Waals surface area (Å²) in [7, 11) is 0. The standard InChI is InChI=1S/C64H121NO18/c1-3-5-7-9-11-13-15-17-18-19-20-21-22-23-24-25-26-27-28-30-32-34-36-38-40-42-52(70)65-47(48(69)41-39-37-35-33-31-29-16-14-12-10-8-6-4-2)46-78-62-58(76)55(73)60(50(44-67)80-62)83-64-59(77)56(74)61(51(45-68)81-64)82-63-57(75)54(72)53(71)49(43-66)79-63/h19-20,47-51,53-64,66-69,71-77H,3-18,21-46H2,1-2H3,(H,65,70)/b20-19-. The quantitative estimate of drug-likeness (QED) is 0.0205. The topological polar surface area (TPSA) is 307 Å². The van der Waals surface area contributed by atoms with E-state index in [4.69, 9.17) is 28.4 Å². The summed E-state index contributed by atoms with van der Waals surface area (Å²) >= 11 is 0. The minimum atomic E-state index is -1.97. The molecule has 83 heavy (non-hydrogen) atoms. The highest BCUT2D eigenvalue weighted by Crippen LogP contribution is 2.33. The molecule has 3 aliphatic rings. The summed E-state index contributed by atoms with van der Waals surface area (Å²) < 4.78 is 34.4. The molecule has 0 aromatic carbocycles. The van der Waals surface area contributed by atoms with E-state index in [9.17, 15) is 61.0 Å². The lowest BCUT2D eigenvalue weighted by Gasteiger charge is -2.48. The second-order valence-corrected chi connectivity index (χ2v) is 24.3. The summed E-state index contributed by atoms with van der Waals surface area (Å²) in [5, 5.41) is 120. The molecule has 0 spiro atoms. The van der Waals surface area contributed by atoms with Gasteiger partial charge in [0.15, 0.2) is 18.9 Å². The molecule has 3 saturated heterocycles. The minimum Gasteiger partial charge on any atom is -0.394 e. The zero-order valence-electron chi connectivity index (χ0n) is 51.4. The summed E-state index contributed by atoms with van der Waals surface area (Å²) in [5.41, 5.74) is 0. The van der Waals surface area contributed by atoms with Gasteiger partial charge in [0.1, 0.15) is 73.2 Å². The molecule has 0 radical (unpaired) electrons. The average molecular weight is 1190 g/mol. The van der Waals surface area contributed by atoms with Crippen LogP contribution >= 0.6 is 0 Å². The Morgan fingerprint density at radius 3 is 1.17 bits per heavy atom. The molecule has 3 aliphatic heterocycles. The number of carbonyl (C=O) groups excluding carboxylic acids is 1. The van der Waals surface area contributed by atoms with Crippen molar-refractivity contribution in [3.8, 4) is 0 Å². The van der Waals surface area contributed by atoms with Crippen LogP contribution < -0.4 is 5.32 Å². The molecular weight excluding hydrogens is 1070 g/mol. The molecule has 0 bridgehead atoms. The predicted molar refractivity (Wildman–Crippen MR) is 319 cm³/mol. The first-order valence-corrected chi connectivity index (χ1v) is 33.4. The van der Waals surface area contributed by atoms with Gasteiger partial charge in [0, 0.05) is 6.42 Å². The van der Waals surface area contributed by atoms with Gasteiger partial charge in [-0.05, 0) is 38.5 Å². The zero-order valence-corrected chi connectivity index (χ0v) is 51.4. The zero-order chi connectivity index (χ0) is 60.5. The van der Waals surface area contributed by atoms with Gasteiger partial charge in [0.2, 0.25) is 5.91 Å². The van der Waals surface area contributed by atoms with Crippen LogP contribution in [-0.4, -0.2) is 193 Å². The normalized spacial score (nSPS) is 29.4. The van der Waals surface area contributed by atoms with E-state index in [0.717, 1.165) is 44.9 Å². The van der Waals surface area contributed by atoms with Gasteiger partial charge in [-0.1, -0.05) is 225 Å². The lowest BCUT2D eigenvalue weighted by atomic mass is 9.96. The van der Waals surface area contributed by atoms with Crippen molar-refractivity contribution in [1.29, 1.82) is 0 Å². The number of amides is 1. The summed E-state index contributed by atoms with van der Waals surface area (Å²) in [5.74, 6) is -0.240. The Kier molecular flexibility index (Phi) is 43.4. The number of nitrogens with one attached hydrogen (secondary N) is 1. The van der Waals surface area contributed by atoms with Crippen LogP contribution in [-0.2, 0) is 33.2 Å². The fraction of sp³-hybridized carbons (Fsp3) is 0.953. The molecule has 17 unspecified atom stereocenters. The summed E-state index contributed by atoms with van der Waals surface area (Å²) in [4.78, 5) is 13.4. The molecule has 19 nitrogen and oxygen atoms in total. The number of hydrogen-bond acceptors (Lipinski definition) is 18. The van der Waals surface area contributed by atoms with E-state index in [1.807, 2.05) is 0 Å².